The molecule has 0 aliphatic carbocycles. The van der Waals surface area contributed by atoms with Gasteiger partial charge in [0.15, 0.2) is 5.69 Å². The Bertz CT molecular complexity index is 1010. The number of H-pyrrole nitrogens is 1. The second-order valence-electron chi connectivity index (χ2n) is 9.05. The summed E-state index contributed by atoms with van der Waals surface area (Å²) in [7, 11) is 1.86. The highest BCUT2D eigenvalue weighted by atomic mass is 16.2. The molecular weight excluding hydrogens is 394 g/mol. The summed E-state index contributed by atoms with van der Waals surface area (Å²) < 4.78 is 1.33. The van der Waals surface area contributed by atoms with Crippen LogP contribution in [-0.2, 0) is 17.9 Å². The zero-order valence-electron chi connectivity index (χ0n) is 19.4. The second kappa shape index (κ2) is 10.4. The standard InChI is InChI=1S/C23H35N5O3/c1-15(2)11-27(19(29)14-26(6)13-18-9-7-17(5)8-10-18)20-21(24)28(12-16(3)4)23(31)25-22(20)30/h7-10,15-16H,11-14,24H2,1-6H3,(H,25,30,31). The zero-order chi connectivity index (χ0) is 23.3. The highest BCUT2D eigenvalue weighted by molar-refractivity contribution is 5.96. The molecule has 0 saturated carbocycles. The minimum absolute atomic E-state index is 0.0256. The van der Waals surface area contributed by atoms with Crippen LogP contribution in [-0.4, -0.2) is 40.5 Å². The van der Waals surface area contributed by atoms with Gasteiger partial charge in [0.2, 0.25) is 5.91 Å². The van der Waals surface area contributed by atoms with Crippen molar-refractivity contribution in [2.45, 2.75) is 47.7 Å². The minimum Gasteiger partial charge on any atom is -0.383 e. The van der Waals surface area contributed by atoms with Crippen LogP contribution >= 0.6 is 0 Å². The van der Waals surface area contributed by atoms with Crippen LogP contribution in [0.2, 0.25) is 0 Å². The number of hydrogen-bond acceptors (Lipinski definition) is 5. The fourth-order valence-electron chi connectivity index (χ4n) is 3.44. The lowest BCUT2D eigenvalue weighted by molar-refractivity contribution is -0.119. The number of likely N-dealkylation sites (N-methyl/N-ethyl adjacent to an activating group) is 1. The lowest BCUT2D eigenvalue weighted by Gasteiger charge is -2.28. The first-order valence-corrected chi connectivity index (χ1v) is 10.7. The Morgan fingerprint density at radius 2 is 1.71 bits per heavy atom. The largest absolute Gasteiger partial charge is 0.383 e. The Morgan fingerprint density at radius 1 is 1.10 bits per heavy atom. The molecule has 1 aromatic carbocycles. The molecule has 0 aliphatic rings. The number of nitrogens with two attached hydrogens (primary N) is 1. The van der Waals surface area contributed by atoms with Gasteiger partial charge in [0.25, 0.3) is 5.56 Å². The average molecular weight is 430 g/mol. The molecule has 31 heavy (non-hydrogen) atoms. The lowest BCUT2D eigenvalue weighted by atomic mass is 10.1. The number of aromatic nitrogens is 2. The van der Waals surface area contributed by atoms with E-state index in [1.165, 1.54) is 15.0 Å². The summed E-state index contributed by atoms with van der Waals surface area (Å²) in [5, 5.41) is 0. The predicted octanol–water partition coefficient (Wildman–Crippen LogP) is 2.20. The van der Waals surface area contributed by atoms with E-state index in [4.69, 9.17) is 5.73 Å². The van der Waals surface area contributed by atoms with Gasteiger partial charge < -0.3 is 10.6 Å². The summed E-state index contributed by atoms with van der Waals surface area (Å²) in [5.74, 6) is 0.0390. The monoisotopic (exact) mass is 429 g/mol. The van der Waals surface area contributed by atoms with Crippen LogP contribution in [0.15, 0.2) is 33.9 Å². The molecule has 0 spiro atoms. The quantitative estimate of drug-likeness (QED) is 0.636. The van der Waals surface area contributed by atoms with Gasteiger partial charge >= 0.3 is 5.69 Å². The Labute approximate surface area is 183 Å². The topological polar surface area (TPSA) is 104 Å². The second-order valence-corrected chi connectivity index (χ2v) is 9.05. The van der Waals surface area contributed by atoms with Gasteiger partial charge in [0, 0.05) is 19.6 Å². The van der Waals surface area contributed by atoms with E-state index in [1.54, 1.807) is 0 Å². The summed E-state index contributed by atoms with van der Waals surface area (Å²) in [5.41, 5.74) is 7.37. The first kappa shape index (κ1) is 24.4. The summed E-state index contributed by atoms with van der Waals surface area (Å²) >= 11 is 0. The first-order chi connectivity index (χ1) is 14.5. The number of carbonyl (C=O) groups is 1. The number of rotatable bonds is 9. The maximum atomic E-state index is 13.2. The number of aryl methyl sites for hydroxylation is 1. The lowest BCUT2D eigenvalue weighted by Crippen LogP contribution is -2.46. The molecule has 1 heterocycles. The molecule has 1 amide bonds. The van der Waals surface area contributed by atoms with Crippen molar-refractivity contribution in [1.29, 1.82) is 0 Å². The maximum absolute atomic E-state index is 13.2. The number of anilines is 2. The molecule has 3 N–H and O–H groups in total. The van der Waals surface area contributed by atoms with Crippen LogP contribution in [0.25, 0.3) is 0 Å². The van der Waals surface area contributed by atoms with E-state index < -0.39 is 11.2 Å². The molecule has 2 aromatic rings. The SMILES string of the molecule is Cc1ccc(CN(C)CC(=O)N(CC(C)C)c2c(N)n(CC(C)C)c(=O)[nH]c2=O)cc1. The van der Waals surface area contributed by atoms with Crippen molar-refractivity contribution in [2.75, 3.05) is 30.8 Å². The van der Waals surface area contributed by atoms with Gasteiger partial charge in [-0.2, -0.15) is 0 Å². The van der Waals surface area contributed by atoms with Gasteiger partial charge in [0.1, 0.15) is 5.82 Å². The molecule has 0 saturated heterocycles. The van der Waals surface area contributed by atoms with Crippen molar-refractivity contribution in [3.63, 3.8) is 0 Å². The molecule has 0 atom stereocenters. The van der Waals surface area contributed by atoms with E-state index >= 15 is 0 Å². The molecule has 8 nitrogen and oxygen atoms in total. The number of aromatic amines is 1. The summed E-state index contributed by atoms with van der Waals surface area (Å²) in [4.78, 5) is 43.8. The third-order valence-corrected chi connectivity index (χ3v) is 4.86. The number of carbonyl (C=O) groups excluding carboxylic acids is 1. The molecule has 170 valence electrons. The van der Waals surface area contributed by atoms with Crippen molar-refractivity contribution in [3.8, 4) is 0 Å². The first-order valence-electron chi connectivity index (χ1n) is 10.7. The average Bonchev–Trinajstić information content (AvgIpc) is 2.65. The number of hydrogen-bond donors (Lipinski definition) is 2. The van der Waals surface area contributed by atoms with Crippen LogP contribution in [0.4, 0.5) is 11.5 Å². The highest BCUT2D eigenvalue weighted by Crippen LogP contribution is 2.20. The van der Waals surface area contributed by atoms with Gasteiger partial charge in [0.05, 0.1) is 6.54 Å². The fourth-order valence-corrected chi connectivity index (χ4v) is 3.44. The number of nitrogen functional groups attached to an aromatic ring is 1. The molecule has 0 radical (unpaired) electrons. The van der Waals surface area contributed by atoms with Gasteiger partial charge in [-0.15, -0.1) is 0 Å². The molecule has 8 heteroatoms. The van der Waals surface area contributed by atoms with Gasteiger partial charge in [-0.05, 0) is 31.4 Å². The Kier molecular flexibility index (Phi) is 8.21. The molecule has 0 aliphatic heterocycles. The third kappa shape index (κ3) is 6.55. The summed E-state index contributed by atoms with van der Waals surface area (Å²) in [6, 6.07) is 8.14. The van der Waals surface area contributed by atoms with Crippen LogP contribution in [0.5, 0.6) is 0 Å². The van der Waals surface area contributed by atoms with Gasteiger partial charge in [-0.3, -0.25) is 24.0 Å². The van der Waals surface area contributed by atoms with Crippen LogP contribution in [0, 0.1) is 18.8 Å². The van der Waals surface area contributed by atoms with Gasteiger partial charge in [-0.25, -0.2) is 4.79 Å². The number of amides is 1. The molecule has 0 bridgehead atoms. The normalized spacial score (nSPS) is 11.5. The van der Waals surface area contributed by atoms with E-state index in [9.17, 15) is 14.4 Å². The Balaban J connectivity index is 2.34. The van der Waals surface area contributed by atoms with E-state index in [0.29, 0.717) is 19.6 Å². The molecule has 0 fully saturated rings. The van der Waals surface area contributed by atoms with Crippen LogP contribution < -0.4 is 21.9 Å². The highest BCUT2D eigenvalue weighted by Gasteiger charge is 2.26. The Morgan fingerprint density at radius 3 is 2.26 bits per heavy atom. The van der Waals surface area contributed by atoms with Crippen molar-refractivity contribution in [1.82, 2.24) is 14.5 Å². The molecule has 1 aromatic heterocycles. The number of nitrogens with one attached hydrogen (secondary N) is 1. The molecular formula is C23H35N5O3. The summed E-state index contributed by atoms with van der Waals surface area (Å²) in [6.45, 7) is 11.2. The Hall–Kier alpha value is -2.87. The smallest absolute Gasteiger partial charge is 0.330 e. The fraction of sp³-hybridized carbons (Fsp3) is 0.522. The molecule has 0 unspecified atom stereocenters. The van der Waals surface area contributed by atoms with Crippen molar-refractivity contribution in [3.05, 3.63) is 56.2 Å². The molecule has 2 rings (SSSR count). The van der Waals surface area contributed by atoms with Gasteiger partial charge in [-0.1, -0.05) is 57.5 Å². The van der Waals surface area contributed by atoms with E-state index in [1.807, 2.05) is 70.8 Å². The maximum Gasteiger partial charge on any atom is 0.330 e. The minimum atomic E-state index is -0.641. The van der Waals surface area contributed by atoms with E-state index in [0.717, 1.165) is 5.56 Å². The predicted molar refractivity (Wildman–Crippen MR) is 125 cm³/mol. The summed E-state index contributed by atoms with van der Waals surface area (Å²) in [6.07, 6.45) is 0. The number of nitrogens with zero attached hydrogens (tertiary/aromatic N) is 3. The van der Waals surface area contributed by atoms with E-state index in [2.05, 4.69) is 4.98 Å². The van der Waals surface area contributed by atoms with Crippen LogP contribution in [0.1, 0.15) is 38.8 Å². The van der Waals surface area contributed by atoms with Crippen molar-refractivity contribution < 1.29 is 4.79 Å². The van der Waals surface area contributed by atoms with Crippen molar-refractivity contribution >= 4 is 17.4 Å². The van der Waals surface area contributed by atoms with E-state index in [-0.39, 0.29) is 35.8 Å². The van der Waals surface area contributed by atoms with Crippen molar-refractivity contribution in [2.24, 2.45) is 11.8 Å². The van der Waals surface area contributed by atoms with Crippen LogP contribution in [0.3, 0.4) is 0 Å². The number of benzene rings is 1. The zero-order valence-corrected chi connectivity index (χ0v) is 19.4. The third-order valence-electron chi connectivity index (χ3n) is 4.86.